The molecule has 21 heavy (non-hydrogen) atoms. The van der Waals surface area contributed by atoms with Gasteiger partial charge in [-0.2, -0.15) is 0 Å². The number of carboxylic acids is 1. The van der Waals surface area contributed by atoms with Crippen LogP contribution in [0.2, 0.25) is 0 Å². The van der Waals surface area contributed by atoms with Gasteiger partial charge in [-0.15, -0.1) is 0 Å². The molecule has 0 spiro atoms. The van der Waals surface area contributed by atoms with Gasteiger partial charge in [-0.1, -0.05) is 20.8 Å². The number of urea groups is 1. The number of nitrogens with zero attached hydrogens (tertiary/aromatic N) is 1. The number of carbonyl (C=O) groups is 3. The quantitative estimate of drug-likeness (QED) is 0.694. The van der Waals surface area contributed by atoms with Crippen molar-refractivity contribution in [3.05, 3.63) is 0 Å². The first-order chi connectivity index (χ1) is 9.61. The van der Waals surface area contributed by atoms with E-state index >= 15 is 0 Å². The molecule has 7 nitrogen and oxygen atoms in total. The molecule has 0 aromatic carbocycles. The van der Waals surface area contributed by atoms with Gasteiger partial charge in [0.2, 0.25) is 0 Å². The Morgan fingerprint density at radius 1 is 1.24 bits per heavy atom. The van der Waals surface area contributed by atoms with Gasteiger partial charge in [0.25, 0.3) is 0 Å². The summed E-state index contributed by atoms with van der Waals surface area (Å²) in [6.45, 7) is 9.41. The van der Waals surface area contributed by atoms with Crippen LogP contribution in [0.1, 0.15) is 41.0 Å². The number of ether oxygens (including phenoxy) is 1. The fourth-order valence-corrected chi connectivity index (χ4v) is 1.68. The Morgan fingerprint density at radius 3 is 2.19 bits per heavy atom. The van der Waals surface area contributed by atoms with E-state index in [1.165, 1.54) is 4.90 Å². The lowest BCUT2D eigenvalue weighted by atomic mass is 9.85. The van der Waals surface area contributed by atoms with Gasteiger partial charge in [-0.05, 0) is 19.3 Å². The first-order valence-corrected chi connectivity index (χ1v) is 7.04. The summed E-state index contributed by atoms with van der Waals surface area (Å²) in [5.41, 5.74) is -0.405. The van der Waals surface area contributed by atoms with E-state index in [0.29, 0.717) is 6.54 Å². The molecule has 0 fully saturated rings. The maximum Gasteiger partial charge on any atom is 0.325 e. The highest BCUT2D eigenvalue weighted by Gasteiger charge is 2.30. The van der Waals surface area contributed by atoms with Crippen molar-refractivity contribution < 1.29 is 24.2 Å². The number of esters is 1. The second kappa shape index (κ2) is 8.49. The first kappa shape index (κ1) is 19.2. The number of carboxylic acid groups (broad SMARTS) is 1. The van der Waals surface area contributed by atoms with Gasteiger partial charge in [-0.25, -0.2) is 4.79 Å². The average Bonchev–Trinajstić information content (AvgIpc) is 2.33. The summed E-state index contributed by atoms with van der Waals surface area (Å²) in [5.74, 6) is -1.47. The van der Waals surface area contributed by atoms with Crippen molar-refractivity contribution in [3.8, 4) is 0 Å². The summed E-state index contributed by atoms with van der Waals surface area (Å²) in [5, 5.41) is 11.6. The lowest BCUT2D eigenvalue weighted by molar-refractivity contribution is -0.144. The number of aliphatic carboxylic acids is 1. The van der Waals surface area contributed by atoms with Crippen LogP contribution in [0.15, 0.2) is 0 Å². The van der Waals surface area contributed by atoms with Crippen molar-refractivity contribution in [1.29, 1.82) is 0 Å². The maximum absolute atomic E-state index is 12.2. The predicted molar refractivity (Wildman–Crippen MR) is 77.9 cm³/mol. The van der Waals surface area contributed by atoms with Crippen LogP contribution >= 0.6 is 0 Å². The van der Waals surface area contributed by atoms with Crippen LogP contribution in [0.25, 0.3) is 0 Å². The topological polar surface area (TPSA) is 95.9 Å². The van der Waals surface area contributed by atoms with E-state index in [1.54, 1.807) is 13.8 Å². The monoisotopic (exact) mass is 302 g/mol. The molecule has 0 aliphatic rings. The van der Waals surface area contributed by atoms with Crippen molar-refractivity contribution in [2.24, 2.45) is 5.41 Å². The molecule has 7 heteroatoms. The molecule has 0 heterocycles. The van der Waals surface area contributed by atoms with Gasteiger partial charge in [0.15, 0.2) is 0 Å². The second-order valence-corrected chi connectivity index (χ2v) is 5.79. The van der Waals surface area contributed by atoms with E-state index in [9.17, 15) is 14.4 Å². The minimum absolute atomic E-state index is 0.153. The third-order valence-electron chi connectivity index (χ3n) is 3.02. The predicted octanol–water partition coefficient (Wildman–Crippen LogP) is 1.47. The molecular weight excluding hydrogens is 276 g/mol. The van der Waals surface area contributed by atoms with Gasteiger partial charge >= 0.3 is 18.0 Å². The Morgan fingerprint density at radius 2 is 1.81 bits per heavy atom. The normalized spacial score (nSPS) is 12.4. The maximum atomic E-state index is 12.2. The van der Waals surface area contributed by atoms with Crippen LogP contribution in [0.4, 0.5) is 4.79 Å². The lowest BCUT2D eigenvalue weighted by Gasteiger charge is -2.32. The van der Waals surface area contributed by atoms with Crippen LogP contribution in [0, 0.1) is 5.41 Å². The largest absolute Gasteiger partial charge is 0.481 e. The zero-order valence-electron chi connectivity index (χ0n) is 13.4. The number of likely N-dealkylation sites (N-methyl/N-ethyl adjacent to an activating group) is 1. The van der Waals surface area contributed by atoms with Crippen molar-refractivity contribution >= 4 is 18.0 Å². The number of hydrogen-bond acceptors (Lipinski definition) is 4. The molecular formula is C14H26N2O5. The van der Waals surface area contributed by atoms with E-state index in [4.69, 9.17) is 9.84 Å². The number of rotatable bonds is 7. The second-order valence-electron chi connectivity index (χ2n) is 5.79. The van der Waals surface area contributed by atoms with Gasteiger partial charge in [0, 0.05) is 12.6 Å². The molecule has 1 atom stereocenters. The molecule has 0 saturated heterocycles. The van der Waals surface area contributed by atoms with Crippen molar-refractivity contribution in [2.75, 3.05) is 19.7 Å². The molecule has 0 radical (unpaired) electrons. The molecule has 2 N–H and O–H groups in total. The van der Waals surface area contributed by atoms with Crippen molar-refractivity contribution in [3.63, 3.8) is 0 Å². The number of nitrogens with one attached hydrogen (secondary N) is 1. The smallest absolute Gasteiger partial charge is 0.325 e. The highest BCUT2D eigenvalue weighted by molar-refractivity contribution is 5.81. The summed E-state index contributed by atoms with van der Waals surface area (Å²) in [4.78, 5) is 35.8. The van der Waals surface area contributed by atoms with E-state index in [1.807, 2.05) is 20.8 Å². The number of amides is 2. The van der Waals surface area contributed by atoms with Gasteiger partial charge in [-0.3, -0.25) is 9.59 Å². The van der Waals surface area contributed by atoms with E-state index in [-0.39, 0.29) is 19.6 Å². The fraction of sp³-hybridized carbons (Fsp3) is 0.786. The van der Waals surface area contributed by atoms with Crippen molar-refractivity contribution in [2.45, 2.75) is 47.1 Å². The Bertz CT molecular complexity index is 376. The minimum atomic E-state index is -0.983. The Hall–Kier alpha value is -1.79. The minimum Gasteiger partial charge on any atom is -0.481 e. The summed E-state index contributed by atoms with van der Waals surface area (Å²) in [6, 6.07) is -0.995. The van der Waals surface area contributed by atoms with E-state index in [0.717, 1.165) is 0 Å². The third-order valence-corrected chi connectivity index (χ3v) is 3.02. The summed E-state index contributed by atoms with van der Waals surface area (Å²) >= 11 is 0. The highest BCUT2D eigenvalue weighted by Crippen LogP contribution is 2.22. The van der Waals surface area contributed by atoms with Gasteiger partial charge < -0.3 is 20.1 Å². The Kier molecular flexibility index (Phi) is 7.76. The molecule has 0 saturated carbocycles. The molecule has 0 bridgehead atoms. The molecule has 0 aliphatic carbocycles. The number of carbonyl (C=O) groups excluding carboxylic acids is 2. The molecule has 2 amide bonds. The summed E-state index contributed by atoms with van der Waals surface area (Å²) in [6.07, 6.45) is -0.174. The van der Waals surface area contributed by atoms with Crippen molar-refractivity contribution in [1.82, 2.24) is 10.2 Å². The van der Waals surface area contributed by atoms with E-state index < -0.39 is 29.4 Å². The number of hydrogen-bond donors (Lipinski definition) is 2. The first-order valence-electron chi connectivity index (χ1n) is 7.04. The Balaban J connectivity index is 4.78. The molecule has 0 aliphatic heterocycles. The molecule has 0 aromatic heterocycles. The molecule has 0 aromatic rings. The third kappa shape index (κ3) is 7.53. The van der Waals surface area contributed by atoms with Crippen LogP contribution < -0.4 is 5.32 Å². The SMILES string of the molecule is CCOC(=O)CN(CC)C(=O)NC(CC(=O)O)C(C)(C)C. The van der Waals surface area contributed by atoms with Crippen LogP contribution in [0.3, 0.4) is 0 Å². The van der Waals surface area contributed by atoms with Gasteiger partial charge in [0.1, 0.15) is 6.54 Å². The molecule has 0 rings (SSSR count). The zero-order chi connectivity index (χ0) is 16.6. The standard InChI is InChI=1S/C14H26N2O5/c1-6-16(9-12(19)21-7-2)13(20)15-10(8-11(17)18)14(3,4)5/h10H,6-9H2,1-5H3,(H,15,20)(H,17,18). The molecule has 1 unspecified atom stereocenters. The summed E-state index contributed by atoms with van der Waals surface area (Å²) in [7, 11) is 0. The van der Waals surface area contributed by atoms with Crippen LogP contribution in [0.5, 0.6) is 0 Å². The van der Waals surface area contributed by atoms with Crippen LogP contribution in [-0.2, 0) is 14.3 Å². The molecule has 122 valence electrons. The van der Waals surface area contributed by atoms with Gasteiger partial charge in [0.05, 0.1) is 13.0 Å². The zero-order valence-corrected chi connectivity index (χ0v) is 13.4. The van der Waals surface area contributed by atoms with Crippen LogP contribution in [-0.4, -0.2) is 53.7 Å². The lowest BCUT2D eigenvalue weighted by Crippen LogP contribution is -2.51. The highest BCUT2D eigenvalue weighted by atomic mass is 16.5. The Labute approximate surface area is 125 Å². The fourth-order valence-electron chi connectivity index (χ4n) is 1.68. The average molecular weight is 302 g/mol. The summed E-state index contributed by atoms with van der Waals surface area (Å²) < 4.78 is 4.81. The van der Waals surface area contributed by atoms with E-state index in [2.05, 4.69) is 5.32 Å².